The van der Waals surface area contributed by atoms with Crippen molar-refractivity contribution >= 4 is 11.3 Å². The number of ether oxygens (including phenoxy) is 1. The molecule has 1 N–H and O–H groups in total. The molecule has 2 aliphatic rings. The molecule has 1 atom stereocenters. The Kier molecular flexibility index (Phi) is 3.43. The van der Waals surface area contributed by atoms with Crippen molar-refractivity contribution in [2.45, 2.75) is 31.6 Å². The number of piperidine rings is 1. The van der Waals surface area contributed by atoms with E-state index < -0.39 is 0 Å². The molecule has 0 amide bonds. The lowest BCUT2D eigenvalue weighted by molar-refractivity contribution is 0.414. The van der Waals surface area contributed by atoms with Gasteiger partial charge < -0.3 is 10.1 Å². The van der Waals surface area contributed by atoms with E-state index in [1.807, 2.05) is 11.3 Å². The Hall–Kier alpha value is -1.39. The van der Waals surface area contributed by atoms with Crippen LogP contribution in [-0.4, -0.2) is 25.2 Å². The van der Waals surface area contributed by atoms with Crippen molar-refractivity contribution in [2.75, 3.05) is 20.2 Å². The SMILES string of the molecule is COc1ccc2c(c1)CCc1sc(C3CCCNC3)nc1-2. The fraction of sp³-hybridized carbons (Fsp3) is 0.471. The van der Waals surface area contributed by atoms with E-state index in [1.54, 1.807) is 7.11 Å². The predicted octanol–water partition coefficient (Wildman–Crippen LogP) is 3.38. The van der Waals surface area contributed by atoms with Crippen LogP contribution in [0.25, 0.3) is 11.3 Å². The highest BCUT2D eigenvalue weighted by molar-refractivity contribution is 7.12. The van der Waals surface area contributed by atoms with Crippen molar-refractivity contribution in [3.05, 3.63) is 33.6 Å². The average Bonchev–Trinajstić information content (AvgIpc) is 2.99. The lowest BCUT2D eigenvalue weighted by Crippen LogP contribution is -2.28. The minimum atomic E-state index is 0.607. The summed E-state index contributed by atoms with van der Waals surface area (Å²) < 4.78 is 5.34. The molecule has 1 aromatic carbocycles. The molecule has 4 heteroatoms. The first-order valence-corrected chi connectivity index (χ1v) is 8.54. The highest BCUT2D eigenvalue weighted by Crippen LogP contribution is 2.40. The van der Waals surface area contributed by atoms with Crippen molar-refractivity contribution in [3.8, 4) is 17.0 Å². The van der Waals surface area contributed by atoms with Gasteiger partial charge in [0.25, 0.3) is 0 Å². The van der Waals surface area contributed by atoms with Crippen LogP contribution in [0.1, 0.15) is 34.2 Å². The largest absolute Gasteiger partial charge is 0.497 e. The summed E-state index contributed by atoms with van der Waals surface area (Å²) in [5, 5.41) is 4.83. The number of thiazole rings is 1. The summed E-state index contributed by atoms with van der Waals surface area (Å²) in [5.74, 6) is 1.56. The van der Waals surface area contributed by atoms with E-state index in [9.17, 15) is 0 Å². The Balaban J connectivity index is 1.71. The molecular weight excluding hydrogens is 280 g/mol. The van der Waals surface area contributed by atoms with Gasteiger partial charge in [-0.3, -0.25) is 0 Å². The molecule has 1 saturated heterocycles. The molecule has 1 aliphatic heterocycles. The Morgan fingerprint density at radius 1 is 1.33 bits per heavy atom. The van der Waals surface area contributed by atoms with Gasteiger partial charge in [0.2, 0.25) is 0 Å². The highest BCUT2D eigenvalue weighted by Gasteiger charge is 2.25. The number of hydrogen-bond donors (Lipinski definition) is 1. The maximum absolute atomic E-state index is 5.34. The second kappa shape index (κ2) is 5.43. The number of hydrogen-bond acceptors (Lipinski definition) is 4. The molecule has 0 spiro atoms. The maximum atomic E-state index is 5.34. The number of benzene rings is 1. The van der Waals surface area contributed by atoms with Gasteiger partial charge in [-0.2, -0.15) is 0 Å². The Bertz CT molecular complexity index is 659. The second-order valence-electron chi connectivity index (χ2n) is 5.89. The number of nitrogens with one attached hydrogen (secondary N) is 1. The van der Waals surface area contributed by atoms with E-state index in [-0.39, 0.29) is 0 Å². The quantitative estimate of drug-likeness (QED) is 0.923. The first kappa shape index (κ1) is 13.3. The smallest absolute Gasteiger partial charge is 0.119 e. The molecule has 1 aliphatic carbocycles. The zero-order chi connectivity index (χ0) is 14.2. The summed E-state index contributed by atoms with van der Waals surface area (Å²) in [7, 11) is 1.73. The summed E-state index contributed by atoms with van der Waals surface area (Å²) in [5.41, 5.74) is 3.91. The number of aryl methyl sites for hydroxylation is 2. The minimum absolute atomic E-state index is 0.607. The van der Waals surface area contributed by atoms with Gasteiger partial charge in [-0.1, -0.05) is 0 Å². The molecule has 1 aromatic heterocycles. The molecular formula is C17H20N2OS. The Morgan fingerprint density at radius 3 is 3.10 bits per heavy atom. The number of fused-ring (bicyclic) bond motifs is 3. The lowest BCUT2D eigenvalue weighted by atomic mass is 9.93. The predicted molar refractivity (Wildman–Crippen MR) is 86.4 cm³/mol. The minimum Gasteiger partial charge on any atom is -0.497 e. The van der Waals surface area contributed by atoms with Crippen molar-refractivity contribution in [1.29, 1.82) is 0 Å². The van der Waals surface area contributed by atoms with Crippen LogP contribution in [0.5, 0.6) is 5.75 Å². The van der Waals surface area contributed by atoms with E-state index >= 15 is 0 Å². The summed E-state index contributed by atoms with van der Waals surface area (Å²) in [4.78, 5) is 6.47. The summed E-state index contributed by atoms with van der Waals surface area (Å²) >= 11 is 1.93. The van der Waals surface area contributed by atoms with Crippen LogP contribution in [0.4, 0.5) is 0 Å². The van der Waals surface area contributed by atoms with Gasteiger partial charge in [0.15, 0.2) is 0 Å². The molecule has 4 rings (SSSR count). The van der Waals surface area contributed by atoms with E-state index in [0.717, 1.165) is 31.7 Å². The van der Waals surface area contributed by atoms with Crippen LogP contribution in [0.2, 0.25) is 0 Å². The Morgan fingerprint density at radius 2 is 2.29 bits per heavy atom. The molecule has 3 nitrogen and oxygen atoms in total. The molecule has 0 saturated carbocycles. The van der Waals surface area contributed by atoms with E-state index in [4.69, 9.17) is 9.72 Å². The normalized spacial score (nSPS) is 20.7. The van der Waals surface area contributed by atoms with Gasteiger partial charge in [0.1, 0.15) is 5.75 Å². The summed E-state index contributed by atoms with van der Waals surface area (Å²) in [6.45, 7) is 2.24. The molecule has 2 heterocycles. The van der Waals surface area contributed by atoms with Gasteiger partial charge in [0.05, 0.1) is 17.8 Å². The lowest BCUT2D eigenvalue weighted by Gasteiger charge is -2.20. The van der Waals surface area contributed by atoms with Crippen LogP contribution in [0.15, 0.2) is 18.2 Å². The van der Waals surface area contributed by atoms with E-state index in [2.05, 4.69) is 23.5 Å². The topological polar surface area (TPSA) is 34.1 Å². The van der Waals surface area contributed by atoms with Gasteiger partial charge in [-0.15, -0.1) is 11.3 Å². The molecule has 0 bridgehead atoms. The summed E-state index contributed by atoms with van der Waals surface area (Å²) in [6.07, 6.45) is 4.76. The summed E-state index contributed by atoms with van der Waals surface area (Å²) in [6, 6.07) is 6.39. The van der Waals surface area contributed by atoms with Crippen molar-refractivity contribution < 1.29 is 4.74 Å². The van der Waals surface area contributed by atoms with Crippen LogP contribution >= 0.6 is 11.3 Å². The van der Waals surface area contributed by atoms with Crippen molar-refractivity contribution in [3.63, 3.8) is 0 Å². The van der Waals surface area contributed by atoms with Crippen molar-refractivity contribution in [2.24, 2.45) is 0 Å². The molecule has 2 aromatic rings. The van der Waals surface area contributed by atoms with E-state index in [1.165, 1.54) is 39.5 Å². The van der Waals surface area contributed by atoms with Gasteiger partial charge in [-0.05, 0) is 56.0 Å². The number of aromatic nitrogens is 1. The molecule has 0 radical (unpaired) electrons. The monoisotopic (exact) mass is 300 g/mol. The molecule has 1 unspecified atom stereocenters. The number of nitrogens with zero attached hydrogens (tertiary/aromatic N) is 1. The molecule has 21 heavy (non-hydrogen) atoms. The number of rotatable bonds is 2. The first-order chi connectivity index (χ1) is 10.3. The van der Waals surface area contributed by atoms with Crippen LogP contribution in [-0.2, 0) is 12.8 Å². The Labute approximate surface area is 129 Å². The van der Waals surface area contributed by atoms with Crippen LogP contribution in [0, 0.1) is 0 Å². The second-order valence-corrected chi connectivity index (χ2v) is 7.01. The van der Waals surface area contributed by atoms with Gasteiger partial charge in [0, 0.05) is 22.9 Å². The third kappa shape index (κ3) is 2.36. The maximum Gasteiger partial charge on any atom is 0.119 e. The zero-order valence-electron chi connectivity index (χ0n) is 12.3. The third-order valence-electron chi connectivity index (χ3n) is 4.55. The van der Waals surface area contributed by atoms with Crippen molar-refractivity contribution in [1.82, 2.24) is 10.3 Å². The fourth-order valence-electron chi connectivity index (χ4n) is 3.37. The molecule has 1 fully saturated rings. The van der Waals surface area contributed by atoms with E-state index in [0.29, 0.717) is 5.92 Å². The zero-order valence-corrected chi connectivity index (χ0v) is 13.1. The van der Waals surface area contributed by atoms with Gasteiger partial charge >= 0.3 is 0 Å². The average molecular weight is 300 g/mol. The highest BCUT2D eigenvalue weighted by atomic mass is 32.1. The standard InChI is InChI=1S/C17H20N2OS/c1-20-13-5-6-14-11(9-13)4-7-15-16(14)19-17(21-15)12-3-2-8-18-10-12/h5-6,9,12,18H,2-4,7-8,10H2,1H3. The third-order valence-corrected chi connectivity index (χ3v) is 5.83. The van der Waals surface area contributed by atoms with Crippen LogP contribution in [0.3, 0.4) is 0 Å². The number of methoxy groups -OCH3 is 1. The fourth-order valence-corrected chi connectivity index (χ4v) is 4.58. The first-order valence-electron chi connectivity index (χ1n) is 7.73. The van der Waals surface area contributed by atoms with Crippen LogP contribution < -0.4 is 10.1 Å². The molecule has 110 valence electrons. The van der Waals surface area contributed by atoms with Gasteiger partial charge in [-0.25, -0.2) is 4.98 Å².